The molecule has 0 aliphatic rings. The Kier molecular flexibility index (Phi) is 2.80. The van der Waals surface area contributed by atoms with Crippen molar-refractivity contribution >= 4 is 16.6 Å². The predicted molar refractivity (Wildman–Crippen MR) is 78.1 cm³/mol. The van der Waals surface area contributed by atoms with Gasteiger partial charge in [0.1, 0.15) is 11.6 Å². The maximum Gasteiger partial charge on any atom is 0.134 e. The van der Waals surface area contributed by atoms with E-state index < -0.39 is 0 Å². The summed E-state index contributed by atoms with van der Waals surface area (Å²) >= 11 is 0. The average Bonchev–Trinajstić information content (AvgIpc) is 2.46. The van der Waals surface area contributed by atoms with E-state index in [0.717, 1.165) is 27.6 Å². The lowest BCUT2D eigenvalue weighted by Gasteiger charge is -2.13. The van der Waals surface area contributed by atoms with Crippen LogP contribution in [0.2, 0.25) is 0 Å². The highest BCUT2D eigenvalue weighted by molar-refractivity contribution is 5.96. The number of pyridine rings is 1. The third-order valence-electron chi connectivity index (χ3n) is 3.21. The zero-order valence-electron chi connectivity index (χ0n) is 10.6. The molecule has 0 spiro atoms. The van der Waals surface area contributed by atoms with E-state index in [9.17, 15) is 0 Å². The van der Waals surface area contributed by atoms with E-state index in [1.54, 1.807) is 13.3 Å². The minimum absolute atomic E-state index is 0.510. The van der Waals surface area contributed by atoms with E-state index in [1.165, 1.54) is 0 Å². The van der Waals surface area contributed by atoms with Gasteiger partial charge >= 0.3 is 0 Å². The van der Waals surface area contributed by atoms with Crippen molar-refractivity contribution in [2.24, 2.45) is 0 Å². The quantitative estimate of drug-likeness (QED) is 0.757. The summed E-state index contributed by atoms with van der Waals surface area (Å²) in [7, 11) is 1.68. The van der Waals surface area contributed by atoms with Crippen LogP contribution in [-0.2, 0) is 0 Å². The van der Waals surface area contributed by atoms with Crippen LogP contribution in [0.5, 0.6) is 5.75 Å². The van der Waals surface area contributed by atoms with Crippen LogP contribution < -0.4 is 10.5 Å². The summed E-state index contributed by atoms with van der Waals surface area (Å²) in [5.41, 5.74) is 7.81. The van der Waals surface area contributed by atoms with Crippen LogP contribution in [0.1, 0.15) is 0 Å². The van der Waals surface area contributed by atoms with Crippen molar-refractivity contribution in [3.05, 3.63) is 54.7 Å². The number of nitrogen functional groups attached to an aromatic ring is 1. The number of anilines is 1. The van der Waals surface area contributed by atoms with Crippen LogP contribution in [0.15, 0.2) is 54.7 Å². The Morgan fingerprint density at radius 3 is 2.58 bits per heavy atom. The van der Waals surface area contributed by atoms with Gasteiger partial charge < -0.3 is 10.5 Å². The molecule has 3 heteroatoms. The second-order valence-corrected chi connectivity index (χ2v) is 4.30. The number of nitrogens with two attached hydrogens (primary N) is 1. The topological polar surface area (TPSA) is 48.1 Å². The van der Waals surface area contributed by atoms with Gasteiger partial charge in [-0.1, -0.05) is 30.3 Å². The number of fused-ring (bicyclic) bond motifs is 1. The highest BCUT2D eigenvalue weighted by Gasteiger charge is 2.12. The minimum Gasteiger partial charge on any atom is -0.495 e. The molecular formula is C16H14N2O. The molecule has 1 heterocycles. The molecule has 0 amide bonds. The summed E-state index contributed by atoms with van der Waals surface area (Å²) in [6.07, 6.45) is 1.69. The summed E-state index contributed by atoms with van der Waals surface area (Å²) in [6.45, 7) is 0. The van der Waals surface area contributed by atoms with Crippen molar-refractivity contribution in [1.82, 2.24) is 4.98 Å². The molecule has 0 saturated heterocycles. The molecule has 94 valence electrons. The van der Waals surface area contributed by atoms with E-state index >= 15 is 0 Å². The lowest BCUT2D eigenvalue weighted by molar-refractivity contribution is 0.421. The maximum atomic E-state index is 5.95. The van der Waals surface area contributed by atoms with Gasteiger partial charge in [0.2, 0.25) is 0 Å². The van der Waals surface area contributed by atoms with Gasteiger partial charge in [0, 0.05) is 22.7 Å². The molecule has 1 aromatic heterocycles. The zero-order chi connectivity index (χ0) is 13.2. The monoisotopic (exact) mass is 250 g/mol. The molecule has 3 aromatic rings. The Bertz CT molecular complexity index is 738. The third kappa shape index (κ3) is 1.89. The fraction of sp³-hybridized carbons (Fsp3) is 0.0625. The molecule has 0 bridgehead atoms. The average molecular weight is 250 g/mol. The van der Waals surface area contributed by atoms with E-state index in [4.69, 9.17) is 10.5 Å². The van der Waals surface area contributed by atoms with Crippen molar-refractivity contribution in [3.63, 3.8) is 0 Å². The van der Waals surface area contributed by atoms with Crippen molar-refractivity contribution in [2.75, 3.05) is 12.8 Å². The van der Waals surface area contributed by atoms with E-state index in [2.05, 4.69) is 17.1 Å². The van der Waals surface area contributed by atoms with Gasteiger partial charge in [-0.2, -0.15) is 0 Å². The second-order valence-electron chi connectivity index (χ2n) is 4.30. The number of aromatic nitrogens is 1. The van der Waals surface area contributed by atoms with Gasteiger partial charge in [0.15, 0.2) is 0 Å². The molecular weight excluding hydrogens is 236 g/mol. The highest BCUT2D eigenvalue weighted by atomic mass is 16.5. The minimum atomic E-state index is 0.510. The van der Waals surface area contributed by atoms with E-state index in [1.807, 2.05) is 36.4 Å². The number of ether oxygens (including phenoxy) is 1. The summed E-state index contributed by atoms with van der Waals surface area (Å²) in [4.78, 5) is 4.13. The Morgan fingerprint density at radius 2 is 1.79 bits per heavy atom. The Hall–Kier alpha value is -2.55. The largest absolute Gasteiger partial charge is 0.495 e. The van der Waals surface area contributed by atoms with Crippen molar-refractivity contribution in [1.29, 1.82) is 0 Å². The number of hydrogen-bond donors (Lipinski definition) is 1. The number of hydrogen-bond acceptors (Lipinski definition) is 3. The van der Waals surface area contributed by atoms with Crippen LogP contribution >= 0.6 is 0 Å². The van der Waals surface area contributed by atoms with Crippen LogP contribution in [0.4, 0.5) is 5.82 Å². The van der Waals surface area contributed by atoms with Crippen molar-refractivity contribution < 1.29 is 4.74 Å². The molecule has 0 atom stereocenters. The Balaban J connectivity index is 2.33. The van der Waals surface area contributed by atoms with Gasteiger partial charge in [0.25, 0.3) is 0 Å². The molecule has 0 radical (unpaired) electrons. The standard InChI is InChI=1S/C16H14N2O/c1-19-15-12-6-3-2-5-11(12)8-9-13(15)14-7-4-10-18-16(14)17/h2-10H,1H3,(H2,17,18). The van der Waals surface area contributed by atoms with Gasteiger partial charge in [-0.05, 0) is 23.6 Å². The first-order valence-corrected chi connectivity index (χ1v) is 6.08. The molecule has 0 aliphatic heterocycles. The molecule has 0 saturated carbocycles. The Labute approximate surface area is 111 Å². The molecule has 0 aliphatic carbocycles. The molecule has 0 fully saturated rings. The second kappa shape index (κ2) is 4.61. The first-order valence-electron chi connectivity index (χ1n) is 6.08. The maximum absolute atomic E-state index is 5.95. The lowest BCUT2D eigenvalue weighted by Crippen LogP contribution is -1.95. The molecule has 2 N–H and O–H groups in total. The van der Waals surface area contributed by atoms with E-state index in [0.29, 0.717) is 5.82 Å². The van der Waals surface area contributed by atoms with Crippen molar-refractivity contribution in [2.45, 2.75) is 0 Å². The number of benzene rings is 2. The normalized spacial score (nSPS) is 10.6. The van der Waals surface area contributed by atoms with Gasteiger partial charge in [-0.3, -0.25) is 0 Å². The summed E-state index contributed by atoms with van der Waals surface area (Å²) in [6, 6.07) is 16.0. The Morgan fingerprint density at radius 1 is 0.947 bits per heavy atom. The first kappa shape index (κ1) is 11.5. The van der Waals surface area contributed by atoms with Crippen LogP contribution in [0.25, 0.3) is 21.9 Å². The van der Waals surface area contributed by atoms with Gasteiger partial charge in [0.05, 0.1) is 7.11 Å². The van der Waals surface area contributed by atoms with Crippen LogP contribution in [0.3, 0.4) is 0 Å². The number of nitrogens with zero attached hydrogens (tertiary/aromatic N) is 1. The first-order chi connectivity index (χ1) is 9.31. The summed E-state index contributed by atoms with van der Waals surface area (Å²) in [5.74, 6) is 1.34. The fourth-order valence-corrected chi connectivity index (χ4v) is 2.32. The SMILES string of the molecule is COc1c(-c2cccnc2N)ccc2ccccc12. The molecule has 3 rings (SSSR count). The van der Waals surface area contributed by atoms with Crippen LogP contribution in [0, 0.1) is 0 Å². The molecule has 19 heavy (non-hydrogen) atoms. The smallest absolute Gasteiger partial charge is 0.134 e. The van der Waals surface area contributed by atoms with E-state index in [-0.39, 0.29) is 0 Å². The highest BCUT2D eigenvalue weighted by Crippen LogP contribution is 2.38. The predicted octanol–water partition coefficient (Wildman–Crippen LogP) is 3.49. The van der Waals surface area contributed by atoms with Crippen LogP contribution in [-0.4, -0.2) is 12.1 Å². The fourth-order valence-electron chi connectivity index (χ4n) is 2.32. The lowest BCUT2D eigenvalue weighted by atomic mass is 10.00. The van der Waals surface area contributed by atoms with Gasteiger partial charge in [-0.15, -0.1) is 0 Å². The summed E-state index contributed by atoms with van der Waals surface area (Å²) < 4.78 is 5.58. The zero-order valence-corrected chi connectivity index (χ0v) is 10.6. The van der Waals surface area contributed by atoms with Crippen molar-refractivity contribution in [3.8, 4) is 16.9 Å². The third-order valence-corrected chi connectivity index (χ3v) is 3.21. The number of rotatable bonds is 2. The molecule has 2 aromatic carbocycles. The number of methoxy groups -OCH3 is 1. The summed E-state index contributed by atoms with van der Waals surface area (Å²) in [5, 5.41) is 2.22. The molecule has 0 unspecified atom stereocenters. The van der Waals surface area contributed by atoms with Gasteiger partial charge in [-0.25, -0.2) is 4.98 Å². The molecule has 3 nitrogen and oxygen atoms in total.